The van der Waals surface area contributed by atoms with Crippen LogP contribution in [0.4, 0.5) is 5.69 Å². The van der Waals surface area contributed by atoms with Gasteiger partial charge in [0.2, 0.25) is 5.91 Å². The highest BCUT2D eigenvalue weighted by Crippen LogP contribution is 2.36. The minimum atomic E-state index is -0.00356. The third-order valence-electron chi connectivity index (χ3n) is 3.32. The van der Waals surface area contributed by atoms with E-state index in [9.17, 15) is 4.79 Å². The van der Waals surface area contributed by atoms with E-state index in [0.717, 1.165) is 17.9 Å². The third-order valence-corrected chi connectivity index (χ3v) is 3.32. The average molecular weight is 218 g/mol. The summed E-state index contributed by atoms with van der Waals surface area (Å²) in [5.74, 6) is 0.934. The Bertz CT molecular complexity index is 433. The van der Waals surface area contributed by atoms with Crippen molar-refractivity contribution in [3.05, 3.63) is 24.3 Å². The molecule has 1 aromatic rings. The van der Waals surface area contributed by atoms with Gasteiger partial charge in [0.25, 0.3) is 0 Å². The number of fused-ring (bicyclic) bond motifs is 3. The number of nitrogens with two attached hydrogens (primary N) is 1. The second kappa shape index (κ2) is 3.49. The van der Waals surface area contributed by atoms with Crippen LogP contribution < -0.4 is 15.4 Å². The van der Waals surface area contributed by atoms with Crippen LogP contribution in [0.25, 0.3) is 0 Å². The van der Waals surface area contributed by atoms with Gasteiger partial charge in [-0.3, -0.25) is 4.79 Å². The number of ether oxygens (including phenoxy) is 1. The predicted molar refractivity (Wildman–Crippen MR) is 60.4 cm³/mol. The Morgan fingerprint density at radius 2 is 2.19 bits per heavy atom. The number of para-hydroxylation sites is 2. The predicted octanol–water partition coefficient (Wildman–Crippen LogP) is 0.902. The van der Waals surface area contributed by atoms with E-state index in [1.807, 2.05) is 29.2 Å². The summed E-state index contributed by atoms with van der Waals surface area (Å²) in [6, 6.07) is 7.64. The van der Waals surface area contributed by atoms with Crippen LogP contribution >= 0.6 is 0 Å². The average Bonchev–Trinajstić information content (AvgIpc) is 2.33. The van der Waals surface area contributed by atoms with Gasteiger partial charge in [0.1, 0.15) is 12.4 Å². The van der Waals surface area contributed by atoms with Crippen molar-refractivity contribution in [2.75, 3.05) is 11.5 Å². The number of amides is 1. The lowest BCUT2D eigenvalue weighted by Gasteiger charge is -2.42. The van der Waals surface area contributed by atoms with Crippen LogP contribution in [0.1, 0.15) is 12.8 Å². The molecule has 3 rings (SSSR count). The Kier molecular flexibility index (Phi) is 2.11. The minimum absolute atomic E-state index is 0.00356. The second-order valence-corrected chi connectivity index (χ2v) is 4.31. The number of rotatable bonds is 0. The monoisotopic (exact) mass is 218 g/mol. The van der Waals surface area contributed by atoms with Crippen molar-refractivity contribution >= 4 is 11.6 Å². The molecule has 2 heterocycles. The normalized spacial score (nSPS) is 28.1. The molecular formula is C12H14N2O2. The first-order chi connectivity index (χ1) is 7.77. The largest absolute Gasteiger partial charge is 0.489 e. The van der Waals surface area contributed by atoms with Gasteiger partial charge in [0, 0.05) is 12.5 Å². The third kappa shape index (κ3) is 1.30. The molecule has 4 nitrogen and oxygen atoms in total. The molecule has 0 aliphatic carbocycles. The molecular weight excluding hydrogens is 204 g/mol. The van der Waals surface area contributed by atoms with Gasteiger partial charge < -0.3 is 15.4 Å². The summed E-state index contributed by atoms with van der Waals surface area (Å²) in [4.78, 5) is 13.8. The Hall–Kier alpha value is -1.55. The van der Waals surface area contributed by atoms with Gasteiger partial charge in [-0.25, -0.2) is 0 Å². The lowest BCUT2D eigenvalue weighted by molar-refractivity contribution is -0.121. The number of hydrogen-bond donors (Lipinski definition) is 1. The van der Waals surface area contributed by atoms with Crippen LogP contribution in [0.5, 0.6) is 5.75 Å². The van der Waals surface area contributed by atoms with Gasteiger partial charge in [0.15, 0.2) is 0 Å². The zero-order valence-corrected chi connectivity index (χ0v) is 8.93. The van der Waals surface area contributed by atoms with Crippen molar-refractivity contribution < 1.29 is 9.53 Å². The van der Waals surface area contributed by atoms with E-state index in [-0.39, 0.29) is 18.0 Å². The fourth-order valence-electron chi connectivity index (χ4n) is 2.44. The fourth-order valence-corrected chi connectivity index (χ4v) is 2.44. The number of hydrogen-bond acceptors (Lipinski definition) is 3. The number of benzene rings is 1. The molecule has 0 radical (unpaired) electrons. The molecule has 1 saturated heterocycles. The first-order valence-corrected chi connectivity index (χ1v) is 5.57. The van der Waals surface area contributed by atoms with Crippen LogP contribution in [-0.4, -0.2) is 24.6 Å². The topological polar surface area (TPSA) is 55.6 Å². The highest BCUT2D eigenvalue weighted by molar-refractivity contribution is 5.97. The van der Waals surface area contributed by atoms with Crippen molar-refractivity contribution in [3.8, 4) is 5.75 Å². The van der Waals surface area contributed by atoms with Crippen molar-refractivity contribution in [2.24, 2.45) is 5.73 Å². The molecule has 2 N–H and O–H groups in total. The zero-order valence-electron chi connectivity index (χ0n) is 8.93. The summed E-state index contributed by atoms with van der Waals surface area (Å²) in [6.45, 7) is 0.504. The summed E-state index contributed by atoms with van der Waals surface area (Å²) in [6.07, 6.45) is 1.29. The van der Waals surface area contributed by atoms with Crippen molar-refractivity contribution in [2.45, 2.75) is 24.9 Å². The molecule has 0 spiro atoms. The second-order valence-electron chi connectivity index (χ2n) is 4.31. The molecule has 2 aliphatic heterocycles. The SMILES string of the molecule is NC1CCC(=O)N2c3ccccc3OCC12. The fraction of sp³-hybridized carbons (Fsp3) is 0.417. The van der Waals surface area contributed by atoms with Gasteiger partial charge in [0.05, 0.1) is 11.7 Å². The van der Waals surface area contributed by atoms with Gasteiger partial charge in [-0.2, -0.15) is 0 Å². The maximum Gasteiger partial charge on any atom is 0.227 e. The molecule has 0 bridgehead atoms. The molecule has 1 fully saturated rings. The Balaban J connectivity index is 2.06. The molecule has 1 aromatic carbocycles. The van der Waals surface area contributed by atoms with E-state index in [4.69, 9.17) is 10.5 Å². The quantitative estimate of drug-likeness (QED) is 0.704. The molecule has 16 heavy (non-hydrogen) atoms. The summed E-state index contributed by atoms with van der Waals surface area (Å²) in [5.41, 5.74) is 6.89. The van der Waals surface area contributed by atoms with Crippen LogP contribution in [0.2, 0.25) is 0 Å². The molecule has 0 saturated carbocycles. The van der Waals surface area contributed by atoms with E-state index in [0.29, 0.717) is 13.0 Å². The molecule has 4 heteroatoms. The van der Waals surface area contributed by atoms with Crippen LogP contribution in [0, 0.1) is 0 Å². The van der Waals surface area contributed by atoms with Gasteiger partial charge in [-0.05, 0) is 18.6 Å². The highest BCUT2D eigenvalue weighted by Gasteiger charge is 2.39. The standard InChI is InChI=1S/C12H14N2O2/c13-8-5-6-12(15)14-9-3-1-2-4-11(9)16-7-10(8)14/h1-4,8,10H,5-7,13H2. The number of nitrogens with zero attached hydrogens (tertiary/aromatic N) is 1. The van der Waals surface area contributed by atoms with Crippen LogP contribution in [-0.2, 0) is 4.79 Å². The van der Waals surface area contributed by atoms with Crippen molar-refractivity contribution in [3.63, 3.8) is 0 Å². The van der Waals surface area contributed by atoms with E-state index in [1.165, 1.54) is 0 Å². The van der Waals surface area contributed by atoms with Gasteiger partial charge in [-0.1, -0.05) is 12.1 Å². The maximum absolute atomic E-state index is 12.0. The number of carbonyl (C=O) groups is 1. The van der Waals surface area contributed by atoms with Crippen molar-refractivity contribution in [1.82, 2.24) is 0 Å². The molecule has 2 unspecified atom stereocenters. The number of anilines is 1. The Morgan fingerprint density at radius 1 is 1.38 bits per heavy atom. The first-order valence-electron chi connectivity index (χ1n) is 5.57. The molecule has 2 atom stereocenters. The lowest BCUT2D eigenvalue weighted by atomic mass is 9.95. The summed E-state index contributed by atoms with van der Waals surface area (Å²) in [7, 11) is 0. The molecule has 2 aliphatic rings. The highest BCUT2D eigenvalue weighted by atomic mass is 16.5. The van der Waals surface area contributed by atoms with Crippen LogP contribution in [0.3, 0.4) is 0 Å². The Labute approximate surface area is 94.0 Å². The summed E-state index contributed by atoms with van der Waals surface area (Å²) < 4.78 is 5.64. The summed E-state index contributed by atoms with van der Waals surface area (Å²) >= 11 is 0. The van der Waals surface area contributed by atoms with E-state index in [1.54, 1.807) is 0 Å². The smallest absolute Gasteiger partial charge is 0.227 e. The molecule has 1 amide bonds. The number of piperidine rings is 1. The maximum atomic E-state index is 12.0. The Morgan fingerprint density at radius 3 is 3.06 bits per heavy atom. The van der Waals surface area contributed by atoms with Crippen LogP contribution in [0.15, 0.2) is 24.3 Å². The number of carbonyl (C=O) groups excluding carboxylic acids is 1. The summed E-state index contributed by atoms with van der Waals surface area (Å²) in [5, 5.41) is 0. The lowest BCUT2D eigenvalue weighted by Crippen LogP contribution is -2.59. The van der Waals surface area contributed by atoms with E-state index in [2.05, 4.69) is 0 Å². The van der Waals surface area contributed by atoms with Gasteiger partial charge in [-0.15, -0.1) is 0 Å². The van der Waals surface area contributed by atoms with Gasteiger partial charge >= 0.3 is 0 Å². The van der Waals surface area contributed by atoms with Crippen molar-refractivity contribution in [1.29, 1.82) is 0 Å². The molecule has 84 valence electrons. The van der Waals surface area contributed by atoms with E-state index >= 15 is 0 Å². The minimum Gasteiger partial charge on any atom is -0.489 e. The molecule has 0 aromatic heterocycles. The first kappa shape index (κ1) is 9.66. The van der Waals surface area contributed by atoms with E-state index < -0.39 is 0 Å². The zero-order chi connectivity index (χ0) is 11.1.